The van der Waals surface area contributed by atoms with Crippen LogP contribution in [0.4, 0.5) is 0 Å². The highest BCUT2D eigenvalue weighted by atomic mass is 16.6. The van der Waals surface area contributed by atoms with Crippen molar-refractivity contribution in [3.63, 3.8) is 0 Å². The zero-order chi connectivity index (χ0) is 52.7. The minimum absolute atomic E-state index is 0.0564. The van der Waals surface area contributed by atoms with E-state index >= 15 is 0 Å². The highest BCUT2D eigenvalue weighted by Crippen LogP contribution is 2.19. The highest BCUT2D eigenvalue weighted by Gasteiger charge is 2.16. The van der Waals surface area contributed by atoms with Crippen molar-refractivity contribution >= 4 is 11.9 Å². The summed E-state index contributed by atoms with van der Waals surface area (Å²) in [5, 5.41) is 9.68. The topological polar surface area (TPSA) is 72.8 Å². The quantitative estimate of drug-likeness (QED) is 0.0373. The van der Waals surface area contributed by atoms with Gasteiger partial charge >= 0.3 is 11.9 Å². The lowest BCUT2D eigenvalue weighted by atomic mass is 10.0. The molecule has 0 aliphatic heterocycles. The molecule has 0 aromatic heterocycles. The third kappa shape index (κ3) is 63.1. The number of aliphatic hydroxyl groups is 1. The summed E-state index contributed by atoms with van der Waals surface area (Å²) in [6, 6.07) is 0. The second-order valence-electron chi connectivity index (χ2n) is 23.3. The third-order valence-corrected chi connectivity index (χ3v) is 15.8. The van der Waals surface area contributed by atoms with Gasteiger partial charge in [0.15, 0.2) is 6.10 Å². The number of allylic oxidation sites excluding steroid dienone is 2. The van der Waals surface area contributed by atoms with Crippen molar-refractivity contribution in [2.45, 2.75) is 399 Å². The monoisotopic (exact) mass is 1030 g/mol. The predicted molar refractivity (Wildman–Crippen MR) is 321 cm³/mol. The van der Waals surface area contributed by atoms with Gasteiger partial charge < -0.3 is 14.6 Å². The summed E-state index contributed by atoms with van der Waals surface area (Å²) in [5.41, 5.74) is 0. The van der Waals surface area contributed by atoms with Crippen LogP contribution in [-0.4, -0.2) is 36.4 Å². The van der Waals surface area contributed by atoms with Gasteiger partial charge in [-0.15, -0.1) is 0 Å². The molecular weight excluding hydrogens is 897 g/mol. The fraction of sp³-hybridized carbons (Fsp3) is 0.941. The van der Waals surface area contributed by atoms with Crippen molar-refractivity contribution in [3.8, 4) is 0 Å². The largest absolute Gasteiger partial charge is 0.462 e. The molecule has 1 unspecified atom stereocenters. The molecular formula is C68H132O5. The molecule has 73 heavy (non-hydrogen) atoms. The summed E-state index contributed by atoms with van der Waals surface area (Å²) in [5.74, 6) is -0.562. The van der Waals surface area contributed by atoms with Gasteiger partial charge in [0.25, 0.3) is 0 Å². The Morgan fingerprint density at radius 2 is 0.507 bits per heavy atom. The Hall–Kier alpha value is -1.36. The molecule has 0 radical (unpaired) electrons. The first kappa shape index (κ1) is 71.6. The molecule has 0 bridgehead atoms. The number of ether oxygens (including phenoxy) is 2. The van der Waals surface area contributed by atoms with Gasteiger partial charge in [0, 0.05) is 12.8 Å². The first-order valence-corrected chi connectivity index (χ1v) is 33.7. The van der Waals surface area contributed by atoms with E-state index in [2.05, 4.69) is 26.0 Å². The van der Waals surface area contributed by atoms with Gasteiger partial charge in [0.2, 0.25) is 0 Å². The number of carbonyl (C=O) groups is 2. The van der Waals surface area contributed by atoms with E-state index in [0.29, 0.717) is 12.8 Å². The zero-order valence-corrected chi connectivity index (χ0v) is 49.9. The highest BCUT2D eigenvalue weighted by molar-refractivity contribution is 5.70. The molecule has 0 spiro atoms. The van der Waals surface area contributed by atoms with Crippen molar-refractivity contribution in [1.82, 2.24) is 0 Å². The van der Waals surface area contributed by atoms with Crippen LogP contribution in [0, 0.1) is 0 Å². The van der Waals surface area contributed by atoms with Crippen LogP contribution in [0.2, 0.25) is 0 Å². The summed E-state index contributed by atoms with van der Waals surface area (Å²) in [4.78, 5) is 24.6. The van der Waals surface area contributed by atoms with E-state index in [-0.39, 0.29) is 25.2 Å². The van der Waals surface area contributed by atoms with E-state index in [4.69, 9.17) is 9.47 Å². The van der Waals surface area contributed by atoms with Crippen molar-refractivity contribution in [2.24, 2.45) is 0 Å². The van der Waals surface area contributed by atoms with Crippen LogP contribution in [0.1, 0.15) is 393 Å². The maximum absolute atomic E-state index is 12.3. The Morgan fingerprint density at radius 1 is 0.301 bits per heavy atom. The number of aliphatic hydroxyl groups excluding tert-OH is 1. The second kappa shape index (κ2) is 64.9. The van der Waals surface area contributed by atoms with Crippen LogP contribution < -0.4 is 0 Å². The van der Waals surface area contributed by atoms with Gasteiger partial charge in [-0.25, -0.2) is 0 Å². The predicted octanol–water partition coefficient (Wildman–Crippen LogP) is 23.0. The first-order chi connectivity index (χ1) is 36.1. The van der Waals surface area contributed by atoms with Crippen LogP contribution >= 0.6 is 0 Å². The van der Waals surface area contributed by atoms with Crippen LogP contribution in [0.15, 0.2) is 12.2 Å². The number of rotatable bonds is 64. The first-order valence-electron chi connectivity index (χ1n) is 33.7. The van der Waals surface area contributed by atoms with E-state index in [0.717, 1.165) is 32.1 Å². The minimum atomic E-state index is -0.766. The van der Waals surface area contributed by atoms with Crippen LogP contribution in [-0.2, 0) is 19.1 Å². The molecule has 0 amide bonds. The number of hydrogen-bond acceptors (Lipinski definition) is 5. The number of esters is 2. The molecule has 0 saturated heterocycles. The van der Waals surface area contributed by atoms with Crippen molar-refractivity contribution in [1.29, 1.82) is 0 Å². The second-order valence-corrected chi connectivity index (χ2v) is 23.3. The number of hydrogen-bond donors (Lipinski definition) is 1. The number of carbonyl (C=O) groups excluding carboxylic acids is 2. The Morgan fingerprint density at radius 3 is 0.740 bits per heavy atom. The van der Waals surface area contributed by atoms with Gasteiger partial charge in [-0.3, -0.25) is 9.59 Å². The maximum Gasteiger partial charge on any atom is 0.306 e. The summed E-state index contributed by atoms with van der Waals surface area (Å²) in [7, 11) is 0. The van der Waals surface area contributed by atoms with Crippen LogP contribution in [0.5, 0.6) is 0 Å². The average Bonchev–Trinajstić information content (AvgIpc) is 3.39. The molecule has 5 heteroatoms. The van der Waals surface area contributed by atoms with Crippen molar-refractivity contribution < 1.29 is 24.2 Å². The minimum Gasteiger partial charge on any atom is -0.462 e. The lowest BCUT2D eigenvalue weighted by Crippen LogP contribution is -2.28. The summed E-state index contributed by atoms with van der Waals surface area (Å²) >= 11 is 0. The SMILES string of the molecule is CCCCCCCCCC/C=C\CCCCCCCCCCCCCCCCCCCCCCCCCCCC(=O)OC(CO)COC(=O)CCCCCCCCCCCCCCCCCCCCCCCC. The average molecular weight is 1030 g/mol. The summed E-state index contributed by atoms with van der Waals surface area (Å²) in [6.45, 7) is 4.21. The standard InChI is InChI=1S/C68H132O5/c1-3-5-7-9-11-13-15-17-19-21-23-25-27-28-29-30-31-32-33-34-35-36-37-38-39-40-41-43-45-47-49-51-53-55-57-59-61-63-68(71)73-66(64-69)65-72-67(70)62-60-58-56-54-52-50-48-46-44-42-26-24-22-20-18-16-14-12-10-8-6-4-2/h21,23,66,69H,3-20,22,24-65H2,1-2H3/b23-21-. The van der Waals surface area contributed by atoms with Gasteiger partial charge in [-0.2, -0.15) is 0 Å². The zero-order valence-electron chi connectivity index (χ0n) is 49.9. The van der Waals surface area contributed by atoms with E-state index in [1.54, 1.807) is 0 Å². The molecule has 5 nitrogen and oxygen atoms in total. The van der Waals surface area contributed by atoms with E-state index < -0.39 is 6.10 Å². The smallest absolute Gasteiger partial charge is 0.306 e. The van der Waals surface area contributed by atoms with Gasteiger partial charge in [0.1, 0.15) is 6.61 Å². The van der Waals surface area contributed by atoms with Crippen molar-refractivity contribution in [3.05, 3.63) is 12.2 Å². The van der Waals surface area contributed by atoms with Gasteiger partial charge in [-0.1, -0.05) is 353 Å². The number of unbranched alkanes of at least 4 members (excludes halogenated alkanes) is 54. The molecule has 0 rings (SSSR count). The fourth-order valence-corrected chi connectivity index (χ4v) is 10.7. The summed E-state index contributed by atoms with van der Waals surface area (Å²) in [6.07, 6.45) is 82.5. The Bertz CT molecular complexity index is 1070. The molecule has 0 saturated carbocycles. The van der Waals surface area contributed by atoms with E-state index in [1.165, 1.54) is 334 Å². The Labute approximate surface area is 458 Å². The summed E-state index contributed by atoms with van der Waals surface area (Å²) < 4.78 is 10.8. The molecule has 434 valence electrons. The van der Waals surface area contributed by atoms with E-state index in [9.17, 15) is 14.7 Å². The van der Waals surface area contributed by atoms with Crippen LogP contribution in [0.25, 0.3) is 0 Å². The molecule has 0 fully saturated rings. The molecule has 0 aromatic carbocycles. The molecule has 1 atom stereocenters. The molecule has 0 heterocycles. The third-order valence-electron chi connectivity index (χ3n) is 15.8. The van der Waals surface area contributed by atoms with Crippen LogP contribution in [0.3, 0.4) is 0 Å². The maximum atomic E-state index is 12.3. The van der Waals surface area contributed by atoms with Crippen molar-refractivity contribution in [2.75, 3.05) is 13.2 Å². The Kier molecular flexibility index (Phi) is 63.7. The fourth-order valence-electron chi connectivity index (χ4n) is 10.7. The van der Waals surface area contributed by atoms with Gasteiger partial charge in [-0.05, 0) is 38.5 Å². The molecule has 0 aromatic rings. The Balaban J connectivity index is 3.35. The normalized spacial score (nSPS) is 12.1. The van der Waals surface area contributed by atoms with Gasteiger partial charge in [0.05, 0.1) is 6.61 Å². The molecule has 0 aliphatic carbocycles. The lowest BCUT2D eigenvalue weighted by molar-refractivity contribution is -0.161. The lowest BCUT2D eigenvalue weighted by Gasteiger charge is -2.15. The molecule has 0 aliphatic rings. The molecule has 1 N–H and O–H groups in total. The van der Waals surface area contributed by atoms with E-state index in [1.807, 2.05) is 0 Å².